The van der Waals surface area contributed by atoms with E-state index in [1.807, 2.05) is 67.8 Å². The molecular formula is C24H28N6OS. The van der Waals surface area contributed by atoms with Gasteiger partial charge in [0, 0.05) is 46.8 Å². The molecule has 0 saturated carbocycles. The molecule has 8 heteroatoms. The summed E-state index contributed by atoms with van der Waals surface area (Å²) in [4.78, 5) is 25.0. The Balaban J connectivity index is 1.37. The van der Waals surface area contributed by atoms with Gasteiger partial charge in [-0.25, -0.2) is 9.78 Å². The summed E-state index contributed by atoms with van der Waals surface area (Å²) in [6.07, 6.45) is 5.65. The summed E-state index contributed by atoms with van der Waals surface area (Å²) >= 11 is 1.64. The molecule has 2 heterocycles. The Morgan fingerprint density at radius 1 is 0.906 bits per heavy atom. The van der Waals surface area contributed by atoms with E-state index in [0.29, 0.717) is 5.69 Å². The van der Waals surface area contributed by atoms with Crippen molar-refractivity contribution in [1.82, 2.24) is 9.97 Å². The first-order valence-electron chi connectivity index (χ1n) is 10.8. The molecule has 32 heavy (non-hydrogen) atoms. The normalized spacial score (nSPS) is 13.5. The summed E-state index contributed by atoms with van der Waals surface area (Å²) in [6, 6.07) is 17.0. The van der Waals surface area contributed by atoms with Crippen LogP contribution in [0.15, 0.2) is 59.5 Å². The first-order chi connectivity index (χ1) is 15.6. The van der Waals surface area contributed by atoms with Crippen molar-refractivity contribution in [2.45, 2.75) is 31.1 Å². The van der Waals surface area contributed by atoms with E-state index >= 15 is 0 Å². The Morgan fingerprint density at radius 3 is 2.38 bits per heavy atom. The van der Waals surface area contributed by atoms with E-state index in [2.05, 4.69) is 25.8 Å². The Hall–Kier alpha value is -3.26. The van der Waals surface area contributed by atoms with Crippen LogP contribution in [0, 0.1) is 6.92 Å². The van der Waals surface area contributed by atoms with Crippen molar-refractivity contribution in [3.8, 4) is 0 Å². The van der Waals surface area contributed by atoms with Crippen molar-refractivity contribution in [2.75, 3.05) is 40.2 Å². The number of hydrogen-bond donors (Lipinski definition) is 3. The summed E-state index contributed by atoms with van der Waals surface area (Å²) < 4.78 is 0. The van der Waals surface area contributed by atoms with Gasteiger partial charge in [-0.2, -0.15) is 4.98 Å². The zero-order chi connectivity index (χ0) is 22.3. The van der Waals surface area contributed by atoms with E-state index < -0.39 is 0 Å². The maximum Gasteiger partial charge on any atom is 0.323 e. The fraction of sp³-hybridized carbons (Fsp3) is 0.292. The molecule has 2 amide bonds. The number of rotatable bonds is 6. The van der Waals surface area contributed by atoms with Gasteiger partial charge < -0.3 is 20.9 Å². The number of thioether (sulfide) groups is 1. The van der Waals surface area contributed by atoms with E-state index in [1.165, 1.54) is 19.3 Å². The first kappa shape index (κ1) is 22.0. The Morgan fingerprint density at radius 2 is 1.62 bits per heavy atom. The molecule has 3 aromatic rings. The number of aromatic nitrogens is 2. The lowest BCUT2D eigenvalue weighted by Gasteiger charge is -2.27. The largest absolute Gasteiger partial charge is 0.341 e. The zero-order valence-corrected chi connectivity index (χ0v) is 19.2. The molecule has 0 spiro atoms. The van der Waals surface area contributed by atoms with Crippen LogP contribution >= 0.6 is 11.8 Å². The molecule has 1 fully saturated rings. The van der Waals surface area contributed by atoms with Crippen molar-refractivity contribution in [1.29, 1.82) is 0 Å². The lowest BCUT2D eigenvalue weighted by molar-refractivity contribution is 0.262. The monoisotopic (exact) mass is 448 g/mol. The second kappa shape index (κ2) is 10.4. The van der Waals surface area contributed by atoms with Crippen LogP contribution in [0.3, 0.4) is 0 Å². The highest BCUT2D eigenvalue weighted by molar-refractivity contribution is 7.98. The number of carbonyl (C=O) groups is 1. The number of carbonyl (C=O) groups excluding carboxylic acids is 1. The predicted molar refractivity (Wildman–Crippen MR) is 133 cm³/mol. The molecule has 0 bridgehead atoms. The lowest BCUT2D eigenvalue weighted by Crippen LogP contribution is -2.31. The highest BCUT2D eigenvalue weighted by Crippen LogP contribution is 2.23. The smallest absolute Gasteiger partial charge is 0.323 e. The summed E-state index contributed by atoms with van der Waals surface area (Å²) in [6.45, 7) is 4.00. The van der Waals surface area contributed by atoms with Crippen molar-refractivity contribution in [3.63, 3.8) is 0 Å². The standard InChI is InChI=1S/C24H28N6OS/c1-17-15-22(29-23(25-17)30-13-4-3-5-14-30)26-18-9-11-19(12-10-18)27-24(31)28-20-7-6-8-21(16-20)32-2/h6-12,15-16H,3-5,13-14H2,1-2H3,(H,25,26,29)(H2,27,28,31). The van der Waals surface area contributed by atoms with Crippen LogP contribution in [-0.2, 0) is 0 Å². The van der Waals surface area contributed by atoms with Crippen LogP contribution in [-0.4, -0.2) is 35.3 Å². The van der Waals surface area contributed by atoms with Crippen molar-refractivity contribution < 1.29 is 4.79 Å². The molecule has 3 N–H and O–H groups in total. The van der Waals surface area contributed by atoms with E-state index in [9.17, 15) is 4.79 Å². The number of piperidine rings is 1. The van der Waals surface area contributed by atoms with Crippen LogP contribution in [0.2, 0.25) is 0 Å². The zero-order valence-electron chi connectivity index (χ0n) is 18.4. The Bertz CT molecular complexity index is 1070. The summed E-state index contributed by atoms with van der Waals surface area (Å²) in [7, 11) is 0. The van der Waals surface area contributed by atoms with E-state index in [-0.39, 0.29) is 6.03 Å². The van der Waals surface area contributed by atoms with Crippen LogP contribution in [0.4, 0.5) is 33.6 Å². The van der Waals surface area contributed by atoms with Gasteiger partial charge in [0.05, 0.1) is 0 Å². The minimum absolute atomic E-state index is 0.276. The fourth-order valence-electron chi connectivity index (χ4n) is 3.63. The van der Waals surface area contributed by atoms with Gasteiger partial charge in [-0.05, 0) is 74.9 Å². The van der Waals surface area contributed by atoms with Gasteiger partial charge in [0.2, 0.25) is 5.95 Å². The Kier molecular flexibility index (Phi) is 7.11. The second-order valence-corrected chi connectivity index (χ2v) is 8.64. The third-order valence-corrected chi connectivity index (χ3v) is 5.95. The third-order valence-electron chi connectivity index (χ3n) is 5.22. The van der Waals surface area contributed by atoms with Gasteiger partial charge in [0.25, 0.3) is 0 Å². The molecule has 0 radical (unpaired) electrons. The molecule has 0 unspecified atom stereocenters. The van der Waals surface area contributed by atoms with Crippen molar-refractivity contribution >= 4 is 46.6 Å². The van der Waals surface area contributed by atoms with Crippen LogP contribution in [0.25, 0.3) is 0 Å². The van der Waals surface area contributed by atoms with Crippen LogP contribution < -0.4 is 20.9 Å². The van der Waals surface area contributed by atoms with E-state index in [4.69, 9.17) is 4.98 Å². The molecule has 1 aromatic heterocycles. The average Bonchev–Trinajstić information content (AvgIpc) is 2.80. The lowest BCUT2D eigenvalue weighted by atomic mass is 10.1. The molecule has 1 saturated heterocycles. The minimum atomic E-state index is -0.276. The summed E-state index contributed by atoms with van der Waals surface area (Å²) in [5, 5.41) is 9.07. The van der Waals surface area contributed by atoms with Gasteiger partial charge in [-0.3, -0.25) is 0 Å². The maximum absolute atomic E-state index is 12.3. The van der Waals surface area contributed by atoms with Gasteiger partial charge >= 0.3 is 6.03 Å². The summed E-state index contributed by atoms with van der Waals surface area (Å²) in [5.74, 6) is 1.55. The maximum atomic E-state index is 12.3. The van der Waals surface area contributed by atoms with E-state index in [1.54, 1.807) is 11.8 Å². The van der Waals surface area contributed by atoms with Crippen molar-refractivity contribution in [2.24, 2.45) is 0 Å². The van der Waals surface area contributed by atoms with Gasteiger partial charge in [0.1, 0.15) is 5.82 Å². The minimum Gasteiger partial charge on any atom is -0.341 e. The number of anilines is 5. The topological polar surface area (TPSA) is 82.2 Å². The van der Waals surface area contributed by atoms with Gasteiger partial charge in [-0.1, -0.05) is 6.07 Å². The van der Waals surface area contributed by atoms with Crippen LogP contribution in [0.5, 0.6) is 0 Å². The molecule has 166 valence electrons. The highest BCUT2D eigenvalue weighted by atomic mass is 32.2. The number of aryl methyl sites for hydroxylation is 1. The molecule has 1 aliphatic rings. The van der Waals surface area contributed by atoms with Crippen LogP contribution in [0.1, 0.15) is 25.0 Å². The molecule has 0 aliphatic carbocycles. The van der Waals surface area contributed by atoms with Gasteiger partial charge in [0.15, 0.2) is 0 Å². The third kappa shape index (κ3) is 5.91. The number of amides is 2. The number of hydrogen-bond acceptors (Lipinski definition) is 6. The molecular weight excluding hydrogens is 420 g/mol. The van der Waals surface area contributed by atoms with E-state index in [0.717, 1.165) is 46.8 Å². The van der Waals surface area contributed by atoms with Crippen molar-refractivity contribution in [3.05, 3.63) is 60.3 Å². The Labute approximate surface area is 193 Å². The second-order valence-electron chi connectivity index (χ2n) is 7.76. The molecule has 1 aliphatic heterocycles. The number of urea groups is 1. The SMILES string of the molecule is CSc1cccc(NC(=O)Nc2ccc(Nc3cc(C)nc(N4CCCCC4)n3)cc2)c1. The molecule has 0 atom stereocenters. The number of nitrogens with one attached hydrogen (secondary N) is 3. The van der Waals surface area contributed by atoms with Gasteiger partial charge in [-0.15, -0.1) is 11.8 Å². The number of benzene rings is 2. The number of nitrogens with zero attached hydrogens (tertiary/aromatic N) is 3. The first-order valence-corrected chi connectivity index (χ1v) is 12.0. The molecule has 4 rings (SSSR count). The fourth-order valence-corrected chi connectivity index (χ4v) is 4.09. The molecule has 7 nitrogen and oxygen atoms in total. The average molecular weight is 449 g/mol. The molecule has 2 aromatic carbocycles. The highest BCUT2D eigenvalue weighted by Gasteiger charge is 2.14. The predicted octanol–water partition coefficient (Wildman–Crippen LogP) is 5.88. The quantitative estimate of drug-likeness (QED) is 0.408. The summed E-state index contributed by atoms with van der Waals surface area (Å²) in [5.41, 5.74) is 3.30.